The molecule has 0 aromatic carbocycles. The molecule has 13 heavy (non-hydrogen) atoms. The summed E-state index contributed by atoms with van der Waals surface area (Å²) in [6.45, 7) is 4.35. The van der Waals surface area contributed by atoms with Gasteiger partial charge in [-0.25, -0.2) is 0 Å². The fourth-order valence-corrected chi connectivity index (χ4v) is 3.09. The predicted octanol–water partition coefficient (Wildman–Crippen LogP) is 2.97. The summed E-state index contributed by atoms with van der Waals surface area (Å²) in [5.74, 6) is 1.14. The van der Waals surface area contributed by atoms with Crippen LogP contribution in [0.1, 0.15) is 52.4 Å². The van der Waals surface area contributed by atoms with Gasteiger partial charge < -0.3 is 5.11 Å². The highest BCUT2D eigenvalue weighted by molar-refractivity contribution is 5.01. The third-order valence-corrected chi connectivity index (χ3v) is 4.51. The largest absolute Gasteiger partial charge is 0.393 e. The Hall–Kier alpha value is -0.0400. The van der Waals surface area contributed by atoms with Crippen LogP contribution in [0.15, 0.2) is 0 Å². The van der Waals surface area contributed by atoms with Gasteiger partial charge in [0.1, 0.15) is 0 Å². The van der Waals surface area contributed by atoms with Crippen LogP contribution in [0, 0.1) is 17.3 Å². The zero-order chi connectivity index (χ0) is 9.47. The molecule has 0 aromatic rings. The highest BCUT2D eigenvalue weighted by atomic mass is 16.3. The van der Waals surface area contributed by atoms with Gasteiger partial charge in [-0.1, -0.05) is 26.7 Å². The molecular weight excluding hydrogens is 160 g/mol. The topological polar surface area (TPSA) is 20.2 Å². The maximum absolute atomic E-state index is 9.99. The summed E-state index contributed by atoms with van der Waals surface area (Å²) in [6.07, 6.45) is 8.05. The summed E-state index contributed by atoms with van der Waals surface area (Å²) >= 11 is 0. The number of hydrogen-bond acceptors (Lipinski definition) is 1. The second-order valence-electron chi connectivity index (χ2n) is 5.40. The molecule has 2 fully saturated rings. The molecule has 2 unspecified atom stereocenters. The van der Waals surface area contributed by atoms with E-state index in [-0.39, 0.29) is 6.10 Å². The second-order valence-corrected chi connectivity index (χ2v) is 5.40. The zero-order valence-electron chi connectivity index (χ0n) is 8.92. The van der Waals surface area contributed by atoms with Crippen LogP contribution in [0.4, 0.5) is 0 Å². The maximum Gasteiger partial charge on any atom is 0.0594 e. The van der Waals surface area contributed by atoms with Crippen molar-refractivity contribution < 1.29 is 5.11 Å². The molecule has 0 aliphatic heterocycles. The lowest BCUT2D eigenvalue weighted by atomic mass is 9.50. The van der Waals surface area contributed by atoms with Gasteiger partial charge in [0.2, 0.25) is 0 Å². The molecule has 2 saturated carbocycles. The Morgan fingerprint density at radius 1 is 1.38 bits per heavy atom. The summed E-state index contributed by atoms with van der Waals surface area (Å²) in [6, 6.07) is 0. The Balaban J connectivity index is 1.78. The normalized spacial score (nSPS) is 30.7. The van der Waals surface area contributed by atoms with E-state index in [9.17, 15) is 5.11 Å². The molecule has 2 rings (SSSR count). The molecule has 2 aliphatic rings. The second kappa shape index (κ2) is 3.27. The molecule has 1 heteroatoms. The highest BCUT2D eigenvalue weighted by Crippen LogP contribution is 2.60. The third-order valence-electron chi connectivity index (χ3n) is 4.51. The first-order valence-corrected chi connectivity index (χ1v) is 5.85. The quantitative estimate of drug-likeness (QED) is 0.711. The molecule has 0 amide bonds. The Morgan fingerprint density at radius 3 is 2.38 bits per heavy atom. The minimum Gasteiger partial charge on any atom is -0.393 e. The standard InChI is InChI=1S/C12H22O/c1-3-9(2)11(13)10-7-12(8-10)5-4-6-12/h9-11,13H,3-8H2,1-2H3. The maximum atomic E-state index is 9.99. The van der Waals surface area contributed by atoms with Crippen LogP contribution in [0.3, 0.4) is 0 Å². The zero-order valence-corrected chi connectivity index (χ0v) is 8.92. The Kier molecular flexibility index (Phi) is 2.39. The van der Waals surface area contributed by atoms with Crippen molar-refractivity contribution in [2.75, 3.05) is 0 Å². The van der Waals surface area contributed by atoms with Crippen molar-refractivity contribution in [3.8, 4) is 0 Å². The monoisotopic (exact) mass is 182 g/mol. The molecule has 1 nitrogen and oxygen atoms in total. The molecule has 2 atom stereocenters. The van der Waals surface area contributed by atoms with E-state index in [2.05, 4.69) is 13.8 Å². The lowest BCUT2D eigenvalue weighted by Gasteiger charge is -2.56. The van der Waals surface area contributed by atoms with E-state index in [4.69, 9.17) is 0 Å². The first-order chi connectivity index (χ1) is 6.17. The first-order valence-electron chi connectivity index (χ1n) is 5.85. The van der Waals surface area contributed by atoms with E-state index in [1.54, 1.807) is 0 Å². The molecule has 1 N–H and O–H groups in total. The number of aliphatic hydroxyl groups is 1. The molecule has 0 aromatic heterocycles. The van der Waals surface area contributed by atoms with Crippen molar-refractivity contribution in [2.45, 2.75) is 58.5 Å². The van der Waals surface area contributed by atoms with E-state index in [0.29, 0.717) is 11.8 Å². The molecule has 0 saturated heterocycles. The lowest BCUT2D eigenvalue weighted by Crippen LogP contribution is -2.48. The van der Waals surface area contributed by atoms with Gasteiger partial charge in [-0.05, 0) is 42.9 Å². The number of rotatable bonds is 3. The fourth-order valence-electron chi connectivity index (χ4n) is 3.09. The van der Waals surface area contributed by atoms with Crippen molar-refractivity contribution >= 4 is 0 Å². The SMILES string of the molecule is CCC(C)C(O)C1CC2(CCC2)C1. The van der Waals surface area contributed by atoms with E-state index in [0.717, 1.165) is 11.8 Å². The summed E-state index contributed by atoms with van der Waals surface area (Å²) < 4.78 is 0. The number of hydrogen-bond donors (Lipinski definition) is 1. The van der Waals surface area contributed by atoms with Crippen molar-refractivity contribution in [1.82, 2.24) is 0 Å². The fraction of sp³-hybridized carbons (Fsp3) is 1.00. The molecule has 2 aliphatic carbocycles. The van der Waals surface area contributed by atoms with Crippen LogP contribution in [-0.2, 0) is 0 Å². The number of aliphatic hydroxyl groups excluding tert-OH is 1. The van der Waals surface area contributed by atoms with Crippen molar-refractivity contribution in [1.29, 1.82) is 0 Å². The minimum atomic E-state index is -0.0174. The molecule has 0 heterocycles. The van der Waals surface area contributed by atoms with Gasteiger partial charge in [-0.2, -0.15) is 0 Å². The van der Waals surface area contributed by atoms with Gasteiger partial charge >= 0.3 is 0 Å². The van der Waals surface area contributed by atoms with Crippen molar-refractivity contribution in [2.24, 2.45) is 17.3 Å². The highest BCUT2D eigenvalue weighted by Gasteiger charge is 2.50. The summed E-state index contributed by atoms with van der Waals surface area (Å²) in [7, 11) is 0. The van der Waals surface area contributed by atoms with Crippen LogP contribution in [-0.4, -0.2) is 11.2 Å². The van der Waals surface area contributed by atoms with E-state index < -0.39 is 0 Å². The van der Waals surface area contributed by atoms with Gasteiger partial charge in [0.05, 0.1) is 6.10 Å². The average molecular weight is 182 g/mol. The van der Waals surface area contributed by atoms with Crippen LogP contribution >= 0.6 is 0 Å². The molecular formula is C12H22O. The van der Waals surface area contributed by atoms with Crippen molar-refractivity contribution in [3.05, 3.63) is 0 Å². The summed E-state index contributed by atoms with van der Waals surface area (Å²) in [4.78, 5) is 0. The van der Waals surface area contributed by atoms with E-state index in [1.165, 1.54) is 32.1 Å². The lowest BCUT2D eigenvalue weighted by molar-refractivity contribution is -0.0946. The van der Waals surface area contributed by atoms with Crippen LogP contribution in [0.5, 0.6) is 0 Å². The van der Waals surface area contributed by atoms with Crippen LogP contribution in [0.2, 0.25) is 0 Å². The Labute approximate surface area is 81.5 Å². The molecule has 1 spiro atoms. The molecule has 76 valence electrons. The van der Waals surface area contributed by atoms with Gasteiger partial charge in [0, 0.05) is 0 Å². The predicted molar refractivity (Wildman–Crippen MR) is 54.5 cm³/mol. The average Bonchev–Trinajstić information content (AvgIpc) is 1.97. The van der Waals surface area contributed by atoms with Gasteiger partial charge in [-0.3, -0.25) is 0 Å². The smallest absolute Gasteiger partial charge is 0.0594 e. The van der Waals surface area contributed by atoms with E-state index >= 15 is 0 Å². The molecule has 0 bridgehead atoms. The van der Waals surface area contributed by atoms with Crippen LogP contribution < -0.4 is 0 Å². The summed E-state index contributed by atoms with van der Waals surface area (Å²) in [5, 5.41) is 9.99. The van der Waals surface area contributed by atoms with Gasteiger partial charge in [0.15, 0.2) is 0 Å². The Morgan fingerprint density at radius 2 is 2.00 bits per heavy atom. The van der Waals surface area contributed by atoms with Gasteiger partial charge in [-0.15, -0.1) is 0 Å². The first kappa shape index (κ1) is 9.51. The third kappa shape index (κ3) is 1.52. The van der Waals surface area contributed by atoms with Gasteiger partial charge in [0.25, 0.3) is 0 Å². The Bertz CT molecular complexity index is 176. The van der Waals surface area contributed by atoms with Crippen molar-refractivity contribution in [3.63, 3.8) is 0 Å². The molecule has 0 radical (unpaired) electrons. The van der Waals surface area contributed by atoms with E-state index in [1.807, 2.05) is 0 Å². The van der Waals surface area contributed by atoms with Crippen LogP contribution in [0.25, 0.3) is 0 Å². The summed E-state index contributed by atoms with van der Waals surface area (Å²) in [5.41, 5.74) is 0.721. The minimum absolute atomic E-state index is 0.0174.